The van der Waals surface area contributed by atoms with E-state index in [9.17, 15) is 0 Å². The van der Waals surface area contributed by atoms with Crippen LogP contribution in [0, 0.1) is 0 Å². The molecule has 0 saturated heterocycles. The first-order chi connectivity index (χ1) is 12.7. The van der Waals surface area contributed by atoms with Gasteiger partial charge >= 0.3 is 0 Å². The van der Waals surface area contributed by atoms with Crippen molar-refractivity contribution in [3.05, 3.63) is 60.6 Å². The van der Waals surface area contributed by atoms with Crippen molar-refractivity contribution in [2.45, 2.75) is 39.7 Å². The molecule has 0 atom stereocenters. The van der Waals surface area contributed by atoms with Crippen molar-refractivity contribution >= 4 is 5.69 Å². The zero-order valence-corrected chi connectivity index (χ0v) is 15.9. The lowest BCUT2D eigenvalue weighted by molar-refractivity contribution is -0.604. The summed E-state index contributed by atoms with van der Waals surface area (Å²) in [6, 6.07) is 16.3. The summed E-state index contributed by atoms with van der Waals surface area (Å²) in [4.78, 5) is 0. The summed E-state index contributed by atoms with van der Waals surface area (Å²) in [6.07, 6.45) is 5.40. The topological polar surface area (TPSA) is 44.1 Å². The van der Waals surface area contributed by atoms with Crippen LogP contribution in [-0.2, 0) is 13.0 Å². The van der Waals surface area contributed by atoms with Gasteiger partial charge in [0.05, 0.1) is 13.7 Å². The normalized spacial score (nSPS) is 10.9. The van der Waals surface area contributed by atoms with Gasteiger partial charge in [0.2, 0.25) is 0 Å². The van der Waals surface area contributed by atoms with Crippen LogP contribution in [0.1, 0.15) is 32.5 Å². The van der Waals surface area contributed by atoms with Crippen molar-refractivity contribution in [1.29, 1.82) is 0 Å². The van der Waals surface area contributed by atoms with E-state index < -0.39 is 0 Å². The molecule has 1 heterocycles. The highest BCUT2D eigenvalue weighted by Crippen LogP contribution is 2.26. The number of para-hydroxylation sites is 2. The minimum absolute atomic E-state index is 0.786. The highest BCUT2D eigenvalue weighted by atomic mass is 16.5. The van der Waals surface area contributed by atoms with Crippen molar-refractivity contribution < 1.29 is 9.30 Å². The second kappa shape index (κ2) is 8.09. The number of benzene rings is 2. The number of nitrogens with zero attached hydrogens (tertiary/aromatic N) is 2. The van der Waals surface area contributed by atoms with Crippen molar-refractivity contribution in [3.63, 3.8) is 0 Å². The number of imidazole rings is 1. The molecule has 1 aromatic heterocycles. The number of ether oxygens (including phenoxy) is 1. The Kier molecular flexibility index (Phi) is 5.61. The third-order valence-electron chi connectivity index (χ3n) is 4.60. The Morgan fingerprint density at radius 3 is 2.38 bits per heavy atom. The van der Waals surface area contributed by atoms with Gasteiger partial charge in [0.15, 0.2) is 17.1 Å². The molecule has 0 radical (unpaired) electrons. The summed E-state index contributed by atoms with van der Waals surface area (Å²) in [7, 11) is 1.73. The standard InChI is InChI=1S/C22H28N3O/c1-4-8-22-24(15-5-2)20(17-11-13-18(23)14-12-17)16-25(22)19-9-6-7-10-21(19)26-3/h6-7,9-14,16H,4-5,8,15,23H2,1-3H3/q+1. The molecule has 4 nitrogen and oxygen atoms in total. The van der Waals surface area contributed by atoms with Gasteiger partial charge in [-0.1, -0.05) is 26.0 Å². The van der Waals surface area contributed by atoms with Gasteiger partial charge in [-0.3, -0.25) is 0 Å². The number of anilines is 1. The van der Waals surface area contributed by atoms with E-state index in [4.69, 9.17) is 10.5 Å². The quantitative estimate of drug-likeness (QED) is 0.507. The summed E-state index contributed by atoms with van der Waals surface area (Å²) in [5, 5.41) is 0. The van der Waals surface area contributed by atoms with Gasteiger partial charge in [0.1, 0.15) is 6.20 Å². The second-order valence-corrected chi connectivity index (χ2v) is 6.50. The van der Waals surface area contributed by atoms with Crippen LogP contribution in [-0.4, -0.2) is 11.7 Å². The number of nitrogen functional groups attached to an aromatic ring is 1. The molecule has 3 aromatic rings. The van der Waals surface area contributed by atoms with E-state index in [0.29, 0.717) is 0 Å². The fourth-order valence-electron chi connectivity index (χ4n) is 3.41. The smallest absolute Gasteiger partial charge is 0.262 e. The van der Waals surface area contributed by atoms with Gasteiger partial charge in [-0.25, -0.2) is 4.57 Å². The molecule has 2 aromatic carbocycles. The highest BCUT2D eigenvalue weighted by Gasteiger charge is 2.26. The molecule has 0 fully saturated rings. The molecule has 0 amide bonds. The number of methoxy groups -OCH3 is 1. The monoisotopic (exact) mass is 350 g/mol. The lowest BCUT2D eigenvalue weighted by Crippen LogP contribution is -2.35. The van der Waals surface area contributed by atoms with Gasteiger partial charge in [0.25, 0.3) is 5.82 Å². The molecule has 0 unspecified atom stereocenters. The molecule has 2 N–H and O–H groups in total. The Morgan fingerprint density at radius 1 is 1.00 bits per heavy atom. The van der Waals surface area contributed by atoms with Gasteiger partial charge in [0, 0.05) is 17.7 Å². The maximum atomic E-state index is 5.88. The van der Waals surface area contributed by atoms with E-state index in [1.54, 1.807) is 7.11 Å². The third kappa shape index (κ3) is 3.45. The van der Waals surface area contributed by atoms with Gasteiger partial charge in [-0.15, -0.1) is 0 Å². The Hall–Kier alpha value is -2.75. The maximum Gasteiger partial charge on any atom is 0.262 e. The summed E-state index contributed by atoms with van der Waals surface area (Å²) in [5.41, 5.74) is 10.1. The van der Waals surface area contributed by atoms with Crippen molar-refractivity contribution in [3.8, 4) is 22.7 Å². The van der Waals surface area contributed by atoms with Crippen molar-refractivity contribution in [2.24, 2.45) is 0 Å². The van der Waals surface area contributed by atoms with Crippen LogP contribution in [0.15, 0.2) is 54.7 Å². The zero-order chi connectivity index (χ0) is 18.5. The first-order valence-electron chi connectivity index (χ1n) is 9.33. The highest BCUT2D eigenvalue weighted by molar-refractivity contribution is 5.62. The Labute approximate surface area is 155 Å². The summed E-state index contributed by atoms with van der Waals surface area (Å²) < 4.78 is 10.3. The summed E-state index contributed by atoms with van der Waals surface area (Å²) >= 11 is 0. The SMILES string of the molecule is CCCc1n(CCC)c(-c2ccc(N)cc2)c[n+]1-c1ccccc1OC. The predicted octanol–water partition coefficient (Wildman–Crippen LogP) is 4.39. The molecule has 26 heavy (non-hydrogen) atoms. The van der Waals surface area contributed by atoms with E-state index in [-0.39, 0.29) is 0 Å². The van der Waals surface area contributed by atoms with E-state index in [2.05, 4.69) is 53.4 Å². The lowest BCUT2D eigenvalue weighted by atomic mass is 10.1. The summed E-state index contributed by atoms with van der Waals surface area (Å²) in [6.45, 7) is 5.42. The first kappa shape index (κ1) is 18.1. The minimum atomic E-state index is 0.786. The Bertz CT molecular complexity index is 866. The molecular weight excluding hydrogens is 322 g/mol. The van der Waals surface area contributed by atoms with E-state index in [1.807, 2.05) is 24.3 Å². The Morgan fingerprint density at radius 2 is 1.73 bits per heavy atom. The Balaban J connectivity index is 2.24. The maximum absolute atomic E-state index is 5.88. The molecule has 0 aliphatic carbocycles. The molecule has 4 heteroatoms. The van der Waals surface area contributed by atoms with Crippen LogP contribution < -0.4 is 15.0 Å². The lowest BCUT2D eigenvalue weighted by Gasteiger charge is -2.08. The molecule has 3 rings (SSSR count). The van der Waals surface area contributed by atoms with Crippen LogP contribution in [0.2, 0.25) is 0 Å². The van der Waals surface area contributed by atoms with Crippen LogP contribution in [0.5, 0.6) is 5.75 Å². The third-order valence-corrected chi connectivity index (χ3v) is 4.60. The van der Waals surface area contributed by atoms with Gasteiger partial charge in [-0.05, 0) is 49.2 Å². The van der Waals surface area contributed by atoms with E-state index in [0.717, 1.165) is 42.9 Å². The number of rotatable bonds is 7. The van der Waals surface area contributed by atoms with Crippen molar-refractivity contribution in [2.75, 3.05) is 12.8 Å². The molecular formula is C22H28N3O+. The molecule has 0 aliphatic heterocycles. The van der Waals surface area contributed by atoms with E-state index in [1.165, 1.54) is 17.1 Å². The number of hydrogen-bond donors (Lipinski definition) is 1. The predicted molar refractivity (Wildman–Crippen MR) is 107 cm³/mol. The number of hydrogen-bond acceptors (Lipinski definition) is 2. The fourth-order valence-corrected chi connectivity index (χ4v) is 3.41. The molecule has 136 valence electrons. The second-order valence-electron chi connectivity index (χ2n) is 6.50. The van der Waals surface area contributed by atoms with Crippen LogP contribution in [0.4, 0.5) is 5.69 Å². The average molecular weight is 350 g/mol. The van der Waals surface area contributed by atoms with Crippen LogP contribution in [0.25, 0.3) is 16.9 Å². The van der Waals surface area contributed by atoms with E-state index >= 15 is 0 Å². The number of nitrogens with two attached hydrogens (primary N) is 1. The molecule has 0 spiro atoms. The fraction of sp³-hybridized carbons (Fsp3) is 0.318. The van der Waals surface area contributed by atoms with Gasteiger partial charge < -0.3 is 10.5 Å². The average Bonchev–Trinajstić information content (AvgIpc) is 3.01. The molecule has 0 saturated carbocycles. The number of aromatic nitrogens is 2. The zero-order valence-electron chi connectivity index (χ0n) is 15.9. The first-order valence-corrected chi connectivity index (χ1v) is 9.33. The van der Waals surface area contributed by atoms with Crippen molar-refractivity contribution in [1.82, 2.24) is 4.57 Å². The van der Waals surface area contributed by atoms with Crippen LogP contribution >= 0.6 is 0 Å². The van der Waals surface area contributed by atoms with Crippen LogP contribution in [0.3, 0.4) is 0 Å². The molecule has 0 aliphatic rings. The minimum Gasteiger partial charge on any atom is -0.492 e. The van der Waals surface area contributed by atoms with Gasteiger partial charge in [-0.2, -0.15) is 4.57 Å². The molecule has 0 bridgehead atoms. The largest absolute Gasteiger partial charge is 0.492 e. The summed E-state index contributed by atoms with van der Waals surface area (Å²) in [5.74, 6) is 2.18.